The van der Waals surface area contributed by atoms with E-state index in [-0.39, 0.29) is 5.44 Å². The van der Waals surface area contributed by atoms with Gasteiger partial charge in [0.05, 0.1) is 13.2 Å². The Morgan fingerprint density at radius 3 is 2.62 bits per heavy atom. The van der Waals surface area contributed by atoms with Crippen LogP contribution in [0.15, 0.2) is 0 Å². The van der Waals surface area contributed by atoms with Gasteiger partial charge in [-0.2, -0.15) is 0 Å². The summed E-state index contributed by atoms with van der Waals surface area (Å²) in [5, 5.41) is -0.609. The van der Waals surface area contributed by atoms with Crippen LogP contribution in [0.5, 0.6) is 0 Å². The van der Waals surface area contributed by atoms with Crippen LogP contribution >= 0.6 is 48.4 Å². The highest BCUT2D eigenvalue weighted by molar-refractivity contribution is 8.22. The van der Waals surface area contributed by atoms with E-state index in [9.17, 15) is 4.79 Å². The van der Waals surface area contributed by atoms with Crippen molar-refractivity contribution in [2.45, 2.75) is 5.44 Å². The van der Waals surface area contributed by atoms with Crippen LogP contribution in [0.4, 0.5) is 4.79 Å². The van der Waals surface area contributed by atoms with Crippen LogP contribution in [0, 0.1) is 0 Å². The highest BCUT2D eigenvalue weighted by Crippen LogP contribution is 2.10. The highest BCUT2D eigenvalue weighted by atomic mass is 32.2. The molecule has 8 heteroatoms. The molecule has 0 saturated heterocycles. The molecular formula is C8H14O4S4. The van der Waals surface area contributed by atoms with E-state index < -0.39 is 5.30 Å². The fraction of sp³-hybridized carbons (Fsp3) is 0.750. The van der Waals surface area contributed by atoms with Crippen LogP contribution in [0.1, 0.15) is 0 Å². The maximum absolute atomic E-state index is 10.6. The van der Waals surface area contributed by atoms with E-state index in [2.05, 4.69) is 12.6 Å². The van der Waals surface area contributed by atoms with Crippen LogP contribution in [-0.4, -0.2) is 47.5 Å². The summed E-state index contributed by atoms with van der Waals surface area (Å²) < 4.78 is 15.7. The fourth-order valence-corrected chi connectivity index (χ4v) is 1.58. The lowest BCUT2D eigenvalue weighted by Gasteiger charge is -2.14. The van der Waals surface area contributed by atoms with E-state index in [1.165, 1.54) is 23.5 Å². The van der Waals surface area contributed by atoms with Gasteiger partial charge in [-0.3, -0.25) is 0 Å². The molecule has 0 aliphatic heterocycles. The molecule has 4 nitrogen and oxygen atoms in total. The van der Waals surface area contributed by atoms with Crippen LogP contribution in [0.25, 0.3) is 0 Å². The summed E-state index contributed by atoms with van der Waals surface area (Å²) in [4.78, 5) is 10.6. The number of ether oxygens (including phenoxy) is 3. The van der Waals surface area contributed by atoms with Crippen molar-refractivity contribution in [2.24, 2.45) is 0 Å². The van der Waals surface area contributed by atoms with E-state index >= 15 is 0 Å². The normalized spacial score (nSPS) is 11.9. The number of carbonyl (C=O) groups is 1. The SMILES string of the molecule is CSC(=S)OCCOCC(OC(=O)S)SC. The summed E-state index contributed by atoms with van der Waals surface area (Å²) >= 11 is 11.1. The summed E-state index contributed by atoms with van der Waals surface area (Å²) in [6.45, 7) is 1.11. The molecule has 0 aromatic heterocycles. The van der Waals surface area contributed by atoms with Crippen molar-refractivity contribution in [1.29, 1.82) is 0 Å². The first-order chi connectivity index (χ1) is 7.60. The standard InChI is InChI=1S/C8H14O4S4/c1-15-6(12-7(9)13)5-10-3-4-11-8(14)16-2/h6H,3-5H2,1-2H3,(H,9,13). The van der Waals surface area contributed by atoms with Crippen LogP contribution in [-0.2, 0) is 14.2 Å². The smallest absolute Gasteiger partial charge is 0.365 e. The van der Waals surface area contributed by atoms with Crippen LogP contribution in [0.2, 0.25) is 0 Å². The molecule has 0 aromatic carbocycles. The number of hydrogen-bond acceptors (Lipinski definition) is 7. The first-order valence-corrected chi connectivity index (χ1v) is 7.67. The average molecular weight is 302 g/mol. The van der Waals surface area contributed by atoms with Gasteiger partial charge in [0, 0.05) is 0 Å². The van der Waals surface area contributed by atoms with Gasteiger partial charge in [0.2, 0.25) is 4.38 Å². The predicted octanol–water partition coefficient (Wildman–Crippen LogP) is 2.42. The Bertz CT molecular complexity index is 224. The molecule has 0 fully saturated rings. The molecule has 0 bridgehead atoms. The zero-order chi connectivity index (χ0) is 12.4. The maximum atomic E-state index is 10.6. The zero-order valence-electron chi connectivity index (χ0n) is 9.00. The predicted molar refractivity (Wildman–Crippen MR) is 75.7 cm³/mol. The molecule has 1 atom stereocenters. The molecule has 1 unspecified atom stereocenters. The van der Waals surface area contributed by atoms with Gasteiger partial charge in [-0.25, -0.2) is 4.79 Å². The minimum absolute atomic E-state index is 0.308. The Labute approximate surface area is 115 Å². The van der Waals surface area contributed by atoms with Crippen molar-refractivity contribution in [1.82, 2.24) is 0 Å². The van der Waals surface area contributed by atoms with Gasteiger partial charge in [-0.15, -0.1) is 11.8 Å². The van der Waals surface area contributed by atoms with Crippen molar-refractivity contribution >= 4 is 58.1 Å². The van der Waals surface area contributed by atoms with E-state index in [0.717, 1.165) is 0 Å². The first-order valence-electron chi connectivity index (χ1n) is 4.31. The molecule has 16 heavy (non-hydrogen) atoms. The zero-order valence-corrected chi connectivity index (χ0v) is 12.3. The fourth-order valence-electron chi connectivity index (χ4n) is 0.685. The Morgan fingerprint density at radius 2 is 2.12 bits per heavy atom. The number of thiol groups is 1. The van der Waals surface area contributed by atoms with E-state index in [1.807, 2.05) is 12.5 Å². The average Bonchev–Trinajstić information content (AvgIpc) is 2.26. The van der Waals surface area contributed by atoms with E-state index in [1.54, 1.807) is 0 Å². The molecule has 0 radical (unpaired) electrons. The lowest BCUT2D eigenvalue weighted by Crippen LogP contribution is -2.19. The summed E-state index contributed by atoms with van der Waals surface area (Å²) in [5.41, 5.74) is -0.336. The van der Waals surface area contributed by atoms with Crippen molar-refractivity contribution in [3.05, 3.63) is 0 Å². The minimum Gasteiger partial charge on any atom is -0.476 e. The molecule has 0 heterocycles. The van der Waals surface area contributed by atoms with Gasteiger partial charge in [-0.1, -0.05) is 24.4 Å². The molecule has 0 rings (SSSR count). The van der Waals surface area contributed by atoms with E-state index in [0.29, 0.717) is 24.2 Å². The summed E-state index contributed by atoms with van der Waals surface area (Å²) in [7, 11) is 0. The summed E-state index contributed by atoms with van der Waals surface area (Å²) in [6, 6.07) is 0. The largest absolute Gasteiger partial charge is 0.476 e. The first kappa shape index (κ1) is 16.4. The second-order valence-corrected chi connectivity index (χ2v) is 5.20. The van der Waals surface area contributed by atoms with Crippen molar-refractivity contribution in [3.8, 4) is 0 Å². The number of rotatable bonds is 7. The second kappa shape index (κ2) is 10.5. The third-order valence-electron chi connectivity index (χ3n) is 1.36. The van der Waals surface area contributed by atoms with Crippen LogP contribution < -0.4 is 0 Å². The number of carbonyl (C=O) groups excluding carboxylic acids is 1. The molecule has 94 valence electrons. The highest BCUT2D eigenvalue weighted by Gasteiger charge is 2.10. The van der Waals surface area contributed by atoms with Gasteiger partial charge >= 0.3 is 5.30 Å². The Kier molecular flexibility index (Phi) is 10.8. The van der Waals surface area contributed by atoms with Gasteiger partial charge < -0.3 is 14.2 Å². The van der Waals surface area contributed by atoms with Crippen molar-refractivity contribution in [2.75, 3.05) is 32.3 Å². The molecule has 0 amide bonds. The number of thiocarbonyl (C=S) groups is 1. The maximum Gasteiger partial charge on any atom is 0.365 e. The topological polar surface area (TPSA) is 44.8 Å². The lowest BCUT2D eigenvalue weighted by atomic mass is 10.7. The molecule has 0 aliphatic carbocycles. The van der Waals surface area contributed by atoms with Crippen molar-refractivity contribution in [3.63, 3.8) is 0 Å². The third-order valence-corrected chi connectivity index (χ3v) is 3.30. The van der Waals surface area contributed by atoms with E-state index in [4.69, 9.17) is 26.4 Å². The molecule has 0 aliphatic rings. The summed E-state index contributed by atoms with van der Waals surface area (Å²) in [5.74, 6) is 0. The Morgan fingerprint density at radius 1 is 1.44 bits per heavy atom. The Hall–Kier alpha value is 0.370. The van der Waals surface area contributed by atoms with Gasteiger partial charge in [-0.05, 0) is 24.7 Å². The third kappa shape index (κ3) is 9.59. The monoisotopic (exact) mass is 302 g/mol. The van der Waals surface area contributed by atoms with Crippen molar-refractivity contribution < 1.29 is 19.0 Å². The molecule has 0 spiro atoms. The minimum atomic E-state index is -0.609. The molecule has 0 N–H and O–H groups in total. The van der Waals surface area contributed by atoms with Gasteiger partial charge in [0.25, 0.3) is 0 Å². The molecular weight excluding hydrogens is 288 g/mol. The summed E-state index contributed by atoms with van der Waals surface area (Å²) in [6.07, 6.45) is 3.67. The Balaban J connectivity index is 3.48. The number of hydrogen-bond donors (Lipinski definition) is 1. The van der Waals surface area contributed by atoms with Gasteiger partial charge in [0.1, 0.15) is 6.61 Å². The molecule has 0 saturated carbocycles. The van der Waals surface area contributed by atoms with Crippen LogP contribution in [0.3, 0.4) is 0 Å². The van der Waals surface area contributed by atoms with Gasteiger partial charge in [0.15, 0.2) is 5.44 Å². The quantitative estimate of drug-likeness (QED) is 0.255. The number of thioether (sulfide) groups is 2. The second-order valence-electron chi connectivity index (χ2n) is 2.43. The molecule has 0 aromatic rings. The lowest BCUT2D eigenvalue weighted by molar-refractivity contribution is 0.0525.